The average molecular weight is 391 g/mol. The van der Waals surface area contributed by atoms with Crippen molar-refractivity contribution in [1.29, 1.82) is 0 Å². The fourth-order valence-electron chi connectivity index (χ4n) is 2.89. The number of halogens is 1. The third-order valence-electron chi connectivity index (χ3n) is 3.95. The maximum absolute atomic E-state index is 12.8. The first-order valence-electron chi connectivity index (χ1n) is 7.12. The summed E-state index contributed by atoms with van der Waals surface area (Å²) in [4.78, 5) is 12.8. The van der Waals surface area contributed by atoms with Gasteiger partial charge >= 0.3 is 0 Å². The Morgan fingerprint density at radius 2 is 2.13 bits per heavy atom. The van der Waals surface area contributed by atoms with Crippen molar-refractivity contribution < 1.29 is 9.90 Å². The zero-order valence-corrected chi connectivity index (χ0v) is 15.0. The Kier molecular flexibility index (Phi) is 4.12. The minimum atomic E-state index is -0.412. The number of phenols is 1. The molecule has 23 heavy (non-hydrogen) atoms. The molecule has 1 unspecified atom stereocenters. The lowest BCUT2D eigenvalue weighted by molar-refractivity contribution is -0.112. The number of carbonyl (C=O) groups is 1. The predicted molar refractivity (Wildman–Crippen MR) is 97.0 cm³/mol. The first-order chi connectivity index (χ1) is 10.9. The number of aromatic hydroxyl groups is 1. The second-order valence-electron chi connectivity index (χ2n) is 5.39. The van der Waals surface area contributed by atoms with Gasteiger partial charge in [0.25, 0.3) is 0 Å². The summed E-state index contributed by atoms with van der Waals surface area (Å²) in [6.07, 6.45) is 3.80. The van der Waals surface area contributed by atoms with Gasteiger partial charge in [0, 0.05) is 15.6 Å². The molecule has 0 aromatic heterocycles. The zero-order valence-electron chi connectivity index (χ0n) is 12.6. The molecule has 0 bridgehead atoms. The van der Waals surface area contributed by atoms with Gasteiger partial charge in [-0.3, -0.25) is 4.79 Å². The van der Waals surface area contributed by atoms with Crippen LogP contribution < -0.4 is 10.6 Å². The van der Waals surface area contributed by atoms with Gasteiger partial charge in [-0.05, 0) is 49.8 Å². The van der Waals surface area contributed by atoms with Crippen molar-refractivity contribution in [3.63, 3.8) is 0 Å². The highest BCUT2D eigenvalue weighted by atomic mass is 79.9. The first-order valence-corrected chi connectivity index (χ1v) is 8.33. The molecule has 0 amide bonds. The summed E-state index contributed by atoms with van der Waals surface area (Å²) in [5, 5.41) is 16.5. The number of thiocarbonyl (C=S) groups is 1. The van der Waals surface area contributed by atoms with Crippen LogP contribution in [0.1, 0.15) is 25.5 Å². The minimum absolute atomic E-state index is 0.0177. The number of ketones is 1. The van der Waals surface area contributed by atoms with Crippen LogP contribution in [0, 0.1) is 0 Å². The van der Waals surface area contributed by atoms with Gasteiger partial charge in [0.1, 0.15) is 5.75 Å². The van der Waals surface area contributed by atoms with E-state index in [4.69, 9.17) is 12.2 Å². The van der Waals surface area contributed by atoms with Gasteiger partial charge in [-0.25, -0.2) is 0 Å². The van der Waals surface area contributed by atoms with Crippen molar-refractivity contribution in [3.8, 4) is 5.75 Å². The highest BCUT2D eigenvalue weighted by Crippen LogP contribution is 2.40. The van der Waals surface area contributed by atoms with Crippen LogP contribution in [-0.4, -0.2) is 16.0 Å². The SMILES string of the molecule is C/C=C\C1=C(C)C(=O)C2=C1NC(=S)NC2c1cc(O)ccc1Br. The van der Waals surface area contributed by atoms with Crippen LogP contribution in [0.5, 0.6) is 5.75 Å². The molecule has 0 saturated heterocycles. The number of rotatable bonds is 2. The van der Waals surface area contributed by atoms with E-state index >= 15 is 0 Å². The molecule has 2 aliphatic rings. The van der Waals surface area contributed by atoms with Gasteiger partial charge in [0.15, 0.2) is 10.9 Å². The van der Waals surface area contributed by atoms with Gasteiger partial charge in [-0.15, -0.1) is 0 Å². The maximum atomic E-state index is 12.8. The molecule has 3 N–H and O–H groups in total. The molecule has 0 saturated carbocycles. The Balaban J connectivity index is 2.19. The number of hydrogen-bond acceptors (Lipinski definition) is 3. The molecular weight excluding hydrogens is 376 g/mol. The fraction of sp³-hybridized carbons (Fsp3) is 0.176. The number of hydrogen-bond donors (Lipinski definition) is 3. The molecule has 1 aliphatic heterocycles. The van der Waals surface area contributed by atoms with Gasteiger partial charge < -0.3 is 15.7 Å². The van der Waals surface area contributed by atoms with Crippen LogP contribution in [0.15, 0.2) is 57.2 Å². The second-order valence-corrected chi connectivity index (χ2v) is 6.66. The highest BCUT2D eigenvalue weighted by Gasteiger charge is 2.38. The Bertz CT molecular complexity index is 824. The topological polar surface area (TPSA) is 61.4 Å². The number of Topliss-reactive ketones (excluding diaryl/α,β-unsaturated/α-hetero) is 1. The standard InChI is InChI=1S/C17H15BrN2O2S/c1-3-4-10-8(2)16(22)13-14(10)19-17(23)20-15(13)11-7-9(21)5-6-12(11)18/h3-7,15,21H,1-2H3,(H2,19,20,23)/b4-3-. The minimum Gasteiger partial charge on any atom is -0.508 e. The normalized spacial score (nSPS) is 20.9. The van der Waals surface area contributed by atoms with Crippen LogP contribution in [0.3, 0.4) is 0 Å². The van der Waals surface area contributed by atoms with E-state index in [2.05, 4.69) is 26.6 Å². The zero-order chi connectivity index (χ0) is 16.7. The summed E-state index contributed by atoms with van der Waals surface area (Å²) in [5.41, 5.74) is 3.68. The lowest BCUT2D eigenvalue weighted by Crippen LogP contribution is -2.44. The molecule has 6 heteroatoms. The summed E-state index contributed by atoms with van der Waals surface area (Å²) in [5.74, 6) is 0.122. The summed E-state index contributed by atoms with van der Waals surface area (Å²) in [7, 11) is 0. The fourth-order valence-corrected chi connectivity index (χ4v) is 3.59. The summed E-state index contributed by atoms with van der Waals surface area (Å²) in [6, 6.07) is 4.57. The number of allylic oxidation sites excluding steroid dienone is 3. The van der Waals surface area contributed by atoms with Crippen LogP contribution in [0.25, 0.3) is 0 Å². The van der Waals surface area contributed by atoms with Crippen molar-refractivity contribution in [2.45, 2.75) is 19.9 Å². The number of benzene rings is 1. The van der Waals surface area contributed by atoms with Crippen LogP contribution >= 0.6 is 28.1 Å². The third-order valence-corrected chi connectivity index (χ3v) is 4.90. The van der Waals surface area contributed by atoms with Crippen molar-refractivity contribution in [3.05, 3.63) is 62.8 Å². The number of carbonyl (C=O) groups excluding carboxylic acids is 1. The van der Waals surface area contributed by atoms with Gasteiger partial charge in [0.2, 0.25) is 0 Å². The average Bonchev–Trinajstić information content (AvgIpc) is 2.74. The summed E-state index contributed by atoms with van der Waals surface area (Å²) >= 11 is 8.79. The Morgan fingerprint density at radius 3 is 2.83 bits per heavy atom. The molecule has 1 aromatic carbocycles. The van der Waals surface area contributed by atoms with E-state index in [0.717, 1.165) is 21.3 Å². The van der Waals surface area contributed by atoms with Crippen molar-refractivity contribution in [2.24, 2.45) is 0 Å². The van der Waals surface area contributed by atoms with Crippen molar-refractivity contribution in [2.75, 3.05) is 0 Å². The molecule has 1 atom stereocenters. The number of phenolic OH excluding ortho intramolecular Hbond substituents is 1. The first kappa shape index (κ1) is 16.0. The Hall–Kier alpha value is -1.92. The van der Waals surface area contributed by atoms with Crippen LogP contribution in [0.2, 0.25) is 0 Å². The quantitative estimate of drug-likeness (QED) is 0.675. The molecule has 0 radical (unpaired) electrons. The van der Waals surface area contributed by atoms with E-state index in [1.165, 1.54) is 0 Å². The second kappa shape index (κ2) is 5.94. The molecule has 4 nitrogen and oxygen atoms in total. The van der Waals surface area contributed by atoms with E-state index in [1.54, 1.807) is 18.2 Å². The van der Waals surface area contributed by atoms with Gasteiger partial charge in [-0.2, -0.15) is 0 Å². The van der Waals surface area contributed by atoms with E-state index in [-0.39, 0.29) is 11.5 Å². The molecule has 1 aliphatic carbocycles. The van der Waals surface area contributed by atoms with Crippen LogP contribution in [-0.2, 0) is 4.79 Å². The molecule has 0 spiro atoms. The Labute approximate surface area is 148 Å². The Morgan fingerprint density at radius 1 is 1.39 bits per heavy atom. The predicted octanol–water partition coefficient (Wildman–Crippen LogP) is 3.40. The maximum Gasteiger partial charge on any atom is 0.189 e. The molecular formula is C17H15BrN2O2S. The highest BCUT2D eigenvalue weighted by molar-refractivity contribution is 9.10. The van der Waals surface area contributed by atoms with E-state index in [1.807, 2.05) is 26.0 Å². The molecule has 3 rings (SSSR count). The summed E-state index contributed by atoms with van der Waals surface area (Å²) in [6.45, 7) is 3.72. The molecule has 1 heterocycles. The smallest absolute Gasteiger partial charge is 0.189 e. The van der Waals surface area contributed by atoms with Gasteiger partial charge in [0.05, 0.1) is 17.3 Å². The largest absolute Gasteiger partial charge is 0.508 e. The molecule has 118 valence electrons. The molecule has 0 fully saturated rings. The lowest BCUT2D eigenvalue weighted by Gasteiger charge is -2.29. The van der Waals surface area contributed by atoms with E-state index in [9.17, 15) is 9.90 Å². The lowest BCUT2D eigenvalue weighted by atomic mass is 9.93. The molecule has 1 aromatic rings. The van der Waals surface area contributed by atoms with Crippen molar-refractivity contribution in [1.82, 2.24) is 10.6 Å². The van der Waals surface area contributed by atoms with Crippen LogP contribution in [0.4, 0.5) is 0 Å². The monoisotopic (exact) mass is 390 g/mol. The van der Waals surface area contributed by atoms with Crippen molar-refractivity contribution >= 4 is 39.0 Å². The summed E-state index contributed by atoms with van der Waals surface area (Å²) < 4.78 is 0.800. The van der Waals surface area contributed by atoms with E-state index < -0.39 is 6.04 Å². The van der Waals surface area contributed by atoms with Gasteiger partial charge in [-0.1, -0.05) is 28.1 Å². The number of nitrogens with one attached hydrogen (secondary N) is 2. The third kappa shape index (κ3) is 2.62. The van der Waals surface area contributed by atoms with E-state index in [0.29, 0.717) is 16.3 Å².